The fourth-order valence-electron chi connectivity index (χ4n) is 1.72. The quantitative estimate of drug-likeness (QED) is 0.604. The van der Waals surface area contributed by atoms with Crippen molar-refractivity contribution in [3.63, 3.8) is 0 Å². The van der Waals surface area contributed by atoms with Crippen molar-refractivity contribution in [3.05, 3.63) is 0 Å². The van der Waals surface area contributed by atoms with Crippen LogP contribution in [0.25, 0.3) is 0 Å². The van der Waals surface area contributed by atoms with Crippen molar-refractivity contribution >= 4 is 21.7 Å². The number of hydrogen-bond acceptors (Lipinski definition) is 5. The van der Waals surface area contributed by atoms with Gasteiger partial charge in [-0.1, -0.05) is 0 Å². The molecular weight excluding hydrogens is 238 g/mol. The van der Waals surface area contributed by atoms with E-state index in [0.29, 0.717) is 0 Å². The molecule has 0 aromatic heterocycles. The molecule has 8 heteroatoms. The number of aliphatic hydroxyl groups is 1. The molecule has 1 heterocycles. The van der Waals surface area contributed by atoms with Crippen LogP contribution >= 0.6 is 0 Å². The molecule has 0 radical (unpaired) electrons. The van der Waals surface area contributed by atoms with E-state index in [0.717, 1.165) is 11.8 Å². The lowest BCUT2D eigenvalue weighted by Gasteiger charge is -2.27. The second-order valence-corrected chi connectivity index (χ2v) is 5.91. The average molecular weight is 251 g/mol. The molecule has 0 saturated carbocycles. The Hall–Kier alpha value is -1.15. The topological polar surface area (TPSA) is 112 Å². The van der Waals surface area contributed by atoms with E-state index in [1.165, 1.54) is 0 Å². The van der Waals surface area contributed by atoms with Crippen molar-refractivity contribution in [3.8, 4) is 0 Å². The summed E-state index contributed by atoms with van der Waals surface area (Å²) in [5.74, 6) is -2.63. The molecule has 0 aromatic carbocycles. The molecule has 2 N–H and O–H groups in total. The summed E-state index contributed by atoms with van der Waals surface area (Å²) in [5, 5.41) is 18.1. The van der Waals surface area contributed by atoms with Crippen LogP contribution in [0.3, 0.4) is 0 Å². The zero-order chi connectivity index (χ0) is 12.5. The first-order valence-corrected chi connectivity index (χ1v) is 6.42. The van der Waals surface area contributed by atoms with Crippen LogP contribution in [0, 0.1) is 0 Å². The molecule has 0 unspecified atom stereocenters. The van der Waals surface area contributed by atoms with Gasteiger partial charge in [0.05, 0.1) is 23.7 Å². The minimum absolute atomic E-state index is 0.388. The van der Waals surface area contributed by atoms with Gasteiger partial charge in [-0.3, -0.25) is 9.59 Å². The molecule has 92 valence electrons. The van der Waals surface area contributed by atoms with Gasteiger partial charge in [-0.15, -0.1) is 0 Å². The smallest absolute Gasteiger partial charge is 0.323 e. The molecule has 1 aliphatic rings. The Morgan fingerprint density at radius 2 is 1.94 bits per heavy atom. The lowest BCUT2D eigenvalue weighted by Crippen LogP contribution is -2.48. The van der Waals surface area contributed by atoms with E-state index in [4.69, 9.17) is 5.11 Å². The van der Waals surface area contributed by atoms with Crippen molar-refractivity contribution in [1.29, 1.82) is 0 Å². The summed E-state index contributed by atoms with van der Waals surface area (Å²) in [7, 11) is -3.40. The first-order chi connectivity index (χ1) is 7.23. The van der Waals surface area contributed by atoms with E-state index < -0.39 is 46.2 Å². The molecule has 1 saturated heterocycles. The van der Waals surface area contributed by atoms with Crippen LogP contribution in [-0.2, 0) is 19.4 Å². The number of amides is 1. The van der Waals surface area contributed by atoms with Gasteiger partial charge in [-0.05, 0) is 0 Å². The fraction of sp³-hybridized carbons (Fsp3) is 0.750. The summed E-state index contributed by atoms with van der Waals surface area (Å²) in [4.78, 5) is 22.6. The summed E-state index contributed by atoms with van der Waals surface area (Å²) in [6, 6.07) is -0.960. The molecular formula is C8H13NO6S. The summed E-state index contributed by atoms with van der Waals surface area (Å²) in [6.45, 7) is 0.535. The van der Waals surface area contributed by atoms with E-state index in [-0.39, 0.29) is 5.75 Å². The van der Waals surface area contributed by atoms with Crippen molar-refractivity contribution < 1.29 is 28.2 Å². The second kappa shape index (κ2) is 4.38. The van der Waals surface area contributed by atoms with Crippen LogP contribution < -0.4 is 0 Å². The summed E-state index contributed by atoms with van der Waals surface area (Å²) in [6.07, 6.45) is -1.21. The Balaban J connectivity index is 2.88. The summed E-state index contributed by atoms with van der Waals surface area (Å²) >= 11 is 0. The van der Waals surface area contributed by atoms with Crippen LogP contribution in [-0.4, -0.2) is 65.6 Å². The lowest BCUT2D eigenvalue weighted by molar-refractivity contribution is -0.146. The third kappa shape index (κ3) is 2.92. The molecule has 1 amide bonds. The first-order valence-electron chi connectivity index (χ1n) is 4.60. The third-order valence-corrected chi connectivity index (χ3v) is 4.10. The van der Waals surface area contributed by atoms with Crippen LogP contribution in [0.1, 0.15) is 6.92 Å². The molecule has 1 aliphatic heterocycles. The number of aliphatic hydroxyl groups excluding tert-OH is 1. The zero-order valence-corrected chi connectivity index (χ0v) is 9.48. The van der Waals surface area contributed by atoms with Gasteiger partial charge in [0.2, 0.25) is 5.91 Å². The molecule has 0 aliphatic carbocycles. The standard InChI is InChI=1S/C8H13NO6S/c1-5(10)9(2-8(12)13)6-3-16(14,15)4-7(6)11/h6-7,11H,2-4H2,1H3,(H,12,13)/t6-,7+/m1/s1. The van der Waals surface area contributed by atoms with Crippen molar-refractivity contribution in [2.45, 2.75) is 19.1 Å². The Kier molecular flexibility index (Phi) is 3.54. The minimum atomic E-state index is -3.40. The van der Waals surface area contributed by atoms with Gasteiger partial charge in [0.1, 0.15) is 6.54 Å². The highest BCUT2D eigenvalue weighted by Gasteiger charge is 2.41. The number of nitrogens with zero attached hydrogens (tertiary/aromatic N) is 1. The Labute approximate surface area is 92.6 Å². The SMILES string of the molecule is CC(=O)N(CC(=O)O)[C@@H]1CS(=O)(=O)C[C@@H]1O. The Morgan fingerprint density at radius 3 is 2.25 bits per heavy atom. The number of hydrogen-bond donors (Lipinski definition) is 2. The van der Waals surface area contributed by atoms with Gasteiger partial charge in [-0.2, -0.15) is 0 Å². The molecule has 16 heavy (non-hydrogen) atoms. The summed E-state index contributed by atoms with van der Waals surface area (Å²) in [5.41, 5.74) is 0. The predicted molar refractivity (Wildman–Crippen MR) is 53.5 cm³/mol. The van der Waals surface area contributed by atoms with Gasteiger partial charge >= 0.3 is 5.97 Å². The van der Waals surface area contributed by atoms with Gasteiger partial charge < -0.3 is 15.1 Å². The van der Waals surface area contributed by atoms with Gasteiger partial charge in [-0.25, -0.2) is 8.42 Å². The maximum atomic E-state index is 11.2. The monoisotopic (exact) mass is 251 g/mol. The van der Waals surface area contributed by atoms with E-state index in [1.54, 1.807) is 0 Å². The number of carbonyl (C=O) groups excluding carboxylic acids is 1. The van der Waals surface area contributed by atoms with Gasteiger partial charge in [0.15, 0.2) is 9.84 Å². The number of rotatable bonds is 3. The van der Waals surface area contributed by atoms with Crippen LogP contribution in [0.4, 0.5) is 0 Å². The largest absolute Gasteiger partial charge is 0.480 e. The van der Waals surface area contributed by atoms with Crippen LogP contribution in [0.5, 0.6) is 0 Å². The lowest BCUT2D eigenvalue weighted by atomic mass is 10.2. The molecule has 0 bridgehead atoms. The van der Waals surface area contributed by atoms with E-state index in [2.05, 4.69) is 0 Å². The van der Waals surface area contributed by atoms with E-state index in [1.807, 2.05) is 0 Å². The molecule has 0 aromatic rings. The second-order valence-electron chi connectivity index (χ2n) is 3.75. The number of sulfone groups is 1. The zero-order valence-electron chi connectivity index (χ0n) is 8.66. The third-order valence-electron chi connectivity index (χ3n) is 2.40. The minimum Gasteiger partial charge on any atom is -0.480 e. The predicted octanol–water partition coefficient (Wildman–Crippen LogP) is -1.92. The number of carboxylic acids is 1. The number of aliphatic carboxylic acids is 1. The van der Waals surface area contributed by atoms with Crippen LogP contribution in [0.2, 0.25) is 0 Å². The van der Waals surface area contributed by atoms with Crippen molar-refractivity contribution in [2.24, 2.45) is 0 Å². The normalized spacial score (nSPS) is 27.6. The highest BCUT2D eigenvalue weighted by Crippen LogP contribution is 2.18. The first kappa shape index (κ1) is 12.9. The summed E-state index contributed by atoms with van der Waals surface area (Å²) < 4.78 is 22.4. The molecule has 2 atom stereocenters. The molecule has 7 nitrogen and oxygen atoms in total. The van der Waals surface area contributed by atoms with Crippen molar-refractivity contribution in [2.75, 3.05) is 18.1 Å². The van der Waals surface area contributed by atoms with E-state index in [9.17, 15) is 23.1 Å². The number of carboxylic acid groups (broad SMARTS) is 1. The van der Waals surface area contributed by atoms with Gasteiger partial charge in [0.25, 0.3) is 0 Å². The highest BCUT2D eigenvalue weighted by atomic mass is 32.2. The Bertz CT molecular complexity index is 403. The fourth-order valence-corrected chi connectivity index (χ4v) is 3.52. The average Bonchev–Trinajstić information content (AvgIpc) is 2.34. The highest BCUT2D eigenvalue weighted by molar-refractivity contribution is 7.91. The van der Waals surface area contributed by atoms with E-state index >= 15 is 0 Å². The Morgan fingerprint density at radius 1 is 1.38 bits per heavy atom. The number of carbonyl (C=O) groups is 2. The van der Waals surface area contributed by atoms with Crippen molar-refractivity contribution in [1.82, 2.24) is 4.90 Å². The maximum absolute atomic E-state index is 11.2. The van der Waals surface area contributed by atoms with Gasteiger partial charge in [0, 0.05) is 6.92 Å². The molecule has 0 spiro atoms. The molecule has 1 rings (SSSR count). The maximum Gasteiger partial charge on any atom is 0.323 e. The molecule has 1 fully saturated rings. The van der Waals surface area contributed by atoms with Crippen LogP contribution in [0.15, 0.2) is 0 Å².